The Morgan fingerprint density at radius 2 is 2.09 bits per heavy atom. The van der Waals surface area contributed by atoms with Crippen molar-refractivity contribution in [2.45, 2.75) is 25.9 Å². The van der Waals surface area contributed by atoms with Gasteiger partial charge in [-0.25, -0.2) is 0 Å². The van der Waals surface area contributed by atoms with Crippen molar-refractivity contribution in [2.24, 2.45) is 0 Å². The van der Waals surface area contributed by atoms with Crippen LogP contribution in [0.4, 0.5) is 0 Å². The minimum atomic E-state index is -0.289. The first-order chi connectivity index (χ1) is 5.35. The Morgan fingerprint density at radius 3 is 2.55 bits per heavy atom. The van der Waals surface area contributed by atoms with Crippen LogP contribution in [0.25, 0.3) is 0 Å². The number of carbonyl (C=O) groups excluding carboxylic acids is 2. The molecule has 0 radical (unpaired) electrons. The third kappa shape index (κ3) is 5.39. The summed E-state index contributed by atoms with van der Waals surface area (Å²) in [5.74, 6) is 0. The summed E-state index contributed by atoms with van der Waals surface area (Å²) in [6.45, 7) is 2.82. The lowest BCUT2D eigenvalue weighted by Crippen LogP contribution is -2.18. The normalized spacial score (nSPS) is 11.7. The quantitative estimate of drug-likeness (QED) is 0.509. The van der Waals surface area contributed by atoms with Crippen LogP contribution >= 0.6 is 0 Å². The highest BCUT2D eigenvalue weighted by Crippen LogP contribution is 2.00. The van der Waals surface area contributed by atoms with Gasteiger partial charge >= 0.3 is 0 Å². The molecule has 0 saturated heterocycles. The molecule has 0 aromatic rings. The van der Waals surface area contributed by atoms with E-state index in [2.05, 4.69) is 9.47 Å². The minimum absolute atomic E-state index is 0.149. The molecule has 0 rings (SSSR count). The topological polar surface area (TPSA) is 52.6 Å². The maximum Gasteiger partial charge on any atom is 0.293 e. The molecule has 0 aromatic carbocycles. The fourth-order valence-corrected chi connectivity index (χ4v) is 0.738. The molecule has 0 fully saturated rings. The minimum Gasteiger partial charge on any atom is -0.464 e. The van der Waals surface area contributed by atoms with Gasteiger partial charge in [-0.1, -0.05) is 13.3 Å². The smallest absolute Gasteiger partial charge is 0.293 e. The van der Waals surface area contributed by atoms with Crippen LogP contribution in [0.1, 0.15) is 19.8 Å². The predicted octanol–water partition coefficient (Wildman–Crippen LogP) is 0.501. The Hall–Kier alpha value is -1.06. The lowest BCUT2D eigenvalue weighted by Gasteiger charge is -2.11. The van der Waals surface area contributed by atoms with E-state index in [4.69, 9.17) is 0 Å². The standard InChI is InChI=1S/C7H12O4/c1-2-3-7(11-6-9)4-10-5-8/h5-7H,2-4H2,1H3. The lowest BCUT2D eigenvalue weighted by atomic mass is 10.2. The number of hydrogen-bond acceptors (Lipinski definition) is 4. The number of hydrogen-bond donors (Lipinski definition) is 0. The van der Waals surface area contributed by atoms with Gasteiger partial charge in [-0.2, -0.15) is 0 Å². The van der Waals surface area contributed by atoms with Crippen LogP contribution in [0.15, 0.2) is 0 Å². The van der Waals surface area contributed by atoms with Crippen LogP contribution in [-0.4, -0.2) is 25.7 Å². The second-order valence-corrected chi connectivity index (χ2v) is 2.07. The number of carbonyl (C=O) groups is 2. The Bertz CT molecular complexity index is 113. The molecule has 4 nitrogen and oxygen atoms in total. The van der Waals surface area contributed by atoms with Crippen molar-refractivity contribution in [3.63, 3.8) is 0 Å². The summed E-state index contributed by atoms with van der Waals surface area (Å²) < 4.78 is 9.06. The molecule has 0 aliphatic rings. The number of rotatable bonds is 7. The third-order valence-corrected chi connectivity index (χ3v) is 1.21. The second-order valence-electron chi connectivity index (χ2n) is 2.07. The number of ether oxygens (including phenoxy) is 2. The van der Waals surface area contributed by atoms with Crippen LogP contribution in [-0.2, 0) is 19.1 Å². The van der Waals surface area contributed by atoms with E-state index >= 15 is 0 Å². The van der Waals surface area contributed by atoms with Crippen LogP contribution in [0.2, 0.25) is 0 Å². The van der Waals surface area contributed by atoms with Crippen molar-refractivity contribution in [3.05, 3.63) is 0 Å². The van der Waals surface area contributed by atoms with Gasteiger partial charge in [-0.05, 0) is 6.42 Å². The van der Waals surface area contributed by atoms with Crippen molar-refractivity contribution < 1.29 is 19.1 Å². The molecule has 1 unspecified atom stereocenters. The molecule has 1 atom stereocenters. The average Bonchev–Trinajstić information content (AvgIpc) is 2.01. The van der Waals surface area contributed by atoms with E-state index < -0.39 is 0 Å². The summed E-state index contributed by atoms with van der Waals surface area (Å²) in [4.78, 5) is 19.6. The van der Waals surface area contributed by atoms with Crippen molar-refractivity contribution in [3.8, 4) is 0 Å². The van der Waals surface area contributed by atoms with Crippen molar-refractivity contribution in [1.29, 1.82) is 0 Å². The van der Waals surface area contributed by atoms with Crippen LogP contribution < -0.4 is 0 Å². The maximum absolute atomic E-state index is 9.89. The van der Waals surface area contributed by atoms with Crippen molar-refractivity contribution in [1.82, 2.24) is 0 Å². The molecular weight excluding hydrogens is 148 g/mol. The first kappa shape index (κ1) is 9.94. The maximum atomic E-state index is 9.89. The molecule has 0 aliphatic carbocycles. The largest absolute Gasteiger partial charge is 0.464 e. The van der Waals surface area contributed by atoms with Gasteiger partial charge in [-0.15, -0.1) is 0 Å². The Morgan fingerprint density at radius 1 is 1.36 bits per heavy atom. The fraction of sp³-hybridized carbons (Fsp3) is 0.714. The molecule has 11 heavy (non-hydrogen) atoms. The zero-order chi connectivity index (χ0) is 8.53. The fourth-order valence-electron chi connectivity index (χ4n) is 0.738. The summed E-state index contributed by atoms with van der Waals surface area (Å²) in [5.41, 5.74) is 0. The van der Waals surface area contributed by atoms with E-state index in [0.29, 0.717) is 19.4 Å². The highest BCUT2D eigenvalue weighted by atomic mass is 16.6. The molecule has 64 valence electrons. The summed E-state index contributed by atoms with van der Waals surface area (Å²) >= 11 is 0. The van der Waals surface area contributed by atoms with Crippen LogP contribution in [0, 0.1) is 0 Å². The molecule has 4 heteroatoms. The zero-order valence-electron chi connectivity index (χ0n) is 6.49. The Balaban J connectivity index is 3.49. The van der Waals surface area contributed by atoms with Gasteiger partial charge in [0.1, 0.15) is 12.7 Å². The second kappa shape index (κ2) is 7.05. The Kier molecular flexibility index (Phi) is 6.37. The van der Waals surface area contributed by atoms with Gasteiger partial charge in [0, 0.05) is 0 Å². The van der Waals surface area contributed by atoms with E-state index in [-0.39, 0.29) is 12.7 Å². The summed E-state index contributed by atoms with van der Waals surface area (Å²) in [5, 5.41) is 0. The van der Waals surface area contributed by atoms with Gasteiger partial charge in [0.15, 0.2) is 0 Å². The molecule has 0 aliphatic heterocycles. The van der Waals surface area contributed by atoms with Gasteiger partial charge < -0.3 is 9.47 Å². The van der Waals surface area contributed by atoms with Gasteiger partial charge in [0.25, 0.3) is 12.9 Å². The molecule has 0 saturated carbocycles. The molecule has 0 bridgehead atoms. The summed E-state index contributed by atoms with van der Waals surface area (Å²) in [6, 6.07) is 0. The molecule has 0 N–H and O–H groups in total. The monoisotopic (exact) mass is 160 g/mol. The summed E-state index contributed by atoms with van der Waals surface area (Å²) in [7, 11) is 0. The van der Waals surface area contributed by atoms with Crippen LogP contribution in [0.3, 0.4) is 0 Å². The van der Waals surface area contributed by atoms with E-state index in [1.54, 1.807) is 0 Å². The van der Waals surface area contributed by atoms with Gasteiger partial charge in [0.2, 0.25) is 0 Å². The van der Waals surface area contributed by atoms with E-state index in [0.717, 1.165) is 6.42 Å². The van der Waals surface area contributed by atoms with Crippen molar-refractivity contribution >= 4 is 12.9 Å². The SMILES string of the molecule is CCCC(COC=O)OC=O. The van der Waals surface area contributed by atoms with E-state index in [1.807, 2.05) is 6.92 Å². The zero-order valence-corrected chi connectivity index (χ0v) is 6.49. The van der Waals surface area contributed by atoms with Crippen molar-refractivity contribution in [2.75, 3.05) is 6.61 Å². The first-order valence-corrected chi connectivity index (χ1v) is 3.49. The molecule has 0 heterocycles. The van der Waals surface area contributed by atoms with Gasteiger partial charge in [-0.3, -0.25) is 9.59 Å². The third-order valence-electron chi connectivity index (χ3n) is 1.21. The summed E-state index contributed by atoms with van der Waals surface area (Å²) in [6.07, 6.45) is 1.32. The van der Waals surface area contributed by atoms with E-state index in [1.165, 1.54) is 0 Å². The molecule has 0 spiro atoms. The molecule has 0 amide bonds. The predicted molar refractivity (Wildman–Crippen MR) is 37.9 cm³/mol. The van der Waals surface area contributed by atoms with Gasteiger partial charge in [0.05, 0.1) is 0 Å². The van der Waals surface area contributed by atoms with E-state index in [9.17, 15) is 9.59 Å². The first-order valence-electron chi connectivity index (χ1n) is 3.49. The van der Waals surface area contributed by atoms with Crippen LogP contribution in [0.5, 0.6) is 0 Å². The highest BCUT2D eigenvalue weighted by molar-refractivity contribution is 5.38. The average molecular weight is 160 g/mol. The highest BCUT2D eigenvalue weighted by Gasteiger charge is 2.07. The molecular formula is C7H12O4. The lowest BCUT2D eigenvalue weighted by molar-refractivity contribution is -0.142. The Labute approximate surface area is 65.5 Å². The molecule has 0 aromatic heterocycles.